The largest absolute Gasteiger partial charge is 0.481 e. The van der Waals surface area contributed by atoms with Crippen molar-refractivity contribution >= 4 is 11.9 Å². The molecule has 0 radical (unpaired) electrons. The molecule has 1 heterocycles. The summed E-state index contributed by atoms with van der Waals surface area (Å²) in [5.41, 5.74) is 1.10. The van der Waals surface area contributed by atoms with Gasteiger partial charge in [0.2, 0.25) is 0 Å². The van der Waals surface area contributed by atoms with Gasteiger partial charge in [0.25, 0.3) is 5.91 Å². The molecule has 1 rings (SSSR count). The number of nitrogens with zero attached hydrogens (tertiary/aromatic N) is 1. The summed E-state index contributed by atoms with van der Waals surface area (Å²) >= 11 is 0. The van der Waals surface area contributed by atoms with Crippen molar-refractivity contribution in [3.8, 4) is 0 Å². The van der Waals surface area contributed by atoms with E-state index in [4.69, 9.17) is 5.11 Å². The summed E-state index contributed by atoms with van der Waals surface area (Å²) < 4.78 is 0. The van der Waals surface area contributed by atoms with E-state index < -0.39 is 11.9 Å². The fourth-order valence-corrected chi connectivity index (χ4v) is 0.998. The predicted molar refractivity (Wildman–Crippen MR) is 52.5 cm³/mol. The standard InChI is InChI=1S/C9H13N3O3/c1-5-4-11-12-7(5)8(13)10-3-6(2)9(14)15/h4,6H,3H2,1-2H3,(H,10,13)(H,11,12)(H,14,15). The number of nitrogens with one attached hydrogen (secondary N) is 2. The summed E-state index contributed by atoms with van der Waals surface area (Å²) in [6.45, 7) is 3.38. The molecule has 0 aliphatic rings. The lowest BCUT2D eigenvalue weighted by Crippen LogP contribution is -2.32. The second-order valence-electron chi connectivity index (χ2n) is 3.38. The molecule has 1 aromatic rings. The molecule has 15 heavy (non-hydrogen) atoms. The zero-order valence-corrected chi connectivity index (χ0v) is 8.57. The van der Waals surface area contributed by atoms with Crippen molar-refractivity contribution in [2.75, 3.05) is 6.54 Å². The summed E-state index contributed by atoms with van der Waals surface area (Å²) in [5, 5.41) is 17.4. The number of aromatic nitrogens is 2. The van der Waals surface area contributed by atoms with Crippen molar-refractivity contribution in [3.63, 3.8) is 0 Å². The Hall–Kier alpha value is -1.85. The van der Waals surface area contributed by atoms with Crippen molar-refractivity contribution in [3.05, 3.63) is 17.5 Å². The molecule has 3 N–H and O–H groups in total. The zero-order chi connectivity index (χ0) is 11.4. The van der Waals surface area contributed by atoms with E-state index in [0.29, 0.717) is 5.69 Å². The topological polar surface area (TPSA) is 95.1 Å². The molecule has 0 aliphatic carbocycles. The number of carboxylic acids is 1. The molecule has 1 aromatic heterocycles. The van der Waals surface area contributed by atoms with Gasteiger partial charge in [-0.2, -0.15) is 5.10 Å². The number of hydrogen-bond donors (Lipinski definition) is 3. The van der Waals surface area contributed by atoms with Gasteiger partial charge in [0.05, 0.1) is 12.1 Å². The van der Waals surface area contributed by atoms with Gasteiger partial charge in [-0.05, 0) is 12.5 Å². The highest BCUT2D eigenvalue weighted by molar-refractivity contribution is 5.93. The quantitative estimate of drug-likeness (QED) is 0.661. The maximum absolute atomic E-state index is 11.5. The van der Waals surface area contributed by atoms with E-state index in [-0.39, 0.29) is 12.5 Å². The fourth-order valence-electron chi connectivity index (χ4n) is 0.998. The monoisotopic (exact) mass is 211 g/mol. The van der Waals surface area contributed by atoms with Gasteiger partial charge in [0.15, 0.2) is 0 Å². The number of aromatic amines is 1. The van der Waals surface area contributed by atoms with Crippen molar-refractivity contribution < 1.29 is 14.7 Å². The molecule has 6 heteroatoms. The van der Waals surface area contributed by atoms with Crippen molar-refractivity contribution in [2.45, 2.75) is 13.8 Å². The van der Waals surface area contributed by atoms with Gasteiger partial charge >= 0.3 is 5.97 Å². The molecular formula is C9H13N3O3. The van der Waals surface area contributed by atoms with Crippen molar-refractivity contribution in [1.82, 2.24) is 15.5 Å². The molecule has 0 saturated heterocycles. The average molecular weight is 211 g/mol. The predicted octanol–water partition coefficient (Wildman–Crippen LogP) is 0.169. The van der Waals surface area contributed by atoms with Crippen LogP contribution in [-0.4, -0.2) is 33.7 Å². The van der Waals surface area contributed by atoms with Crippen LogP contribution < -0.4 is 5.32 Å². The number of amides is 1. The number of carbonyl (C=O) groups is 2. The van der Waals surface area contributed by atoms with Crippen LogP contribution in [0.4, 0.5) is 0 Å². The zero-order valence-electron chi connectivity index (χ0n) is 8.57. The molecule has 0 aliphatic heterocycles. The maximum Gasteiger partial charge on any atom is 0.308 e. The summed E-state index contributed by atoms with van der Waals surface area (Å²) in [6.07, 6.45) is 1.54. The average Bonchev–Trinajstić information content (AvgIpc) is 2.60. The first-order chi connectivity index (χ1) is 7.02. The van der Waals surface area contributed by atoms with Crippen LogP contribution in [0, 0.1) is 12.8 Å². The molecule has 1 atom stereocenters. The minimum Gasteiger partial charge on any atom is -0.481 e. The molecular weight excluding hydrogens is 198 g/mol. The summed E-state index contributed by atoms with van der Waals surface area (Å²) in [6, 6.07) is 0. The van der Waals surface area contributed by atoms with Gasteiger partial charge in [-0.1, -0.05) is 6.92 Å². The molecule has 0 spiro atoms. The normalized spacial score (nSPS) is 12.1. The lowest BCUT2D eigenvalue weighted by Gasteiger charge is -2.07. The van der Waals surface area contributed by atoms with Gasteiger partial charge < -0.3 is 10.4 Å². The molecule has 0 fully saturated rings. The first-order valence-corrected chi connectivity index (χ1v) is 4.53. The fraction of sp³-hybridized carbons (Fsp3) is 0.444. The first-order valence-electron chi connectivity index (χ1n) is 4.53. The second-order valence-corrected chi connectivity index (χ2v) is 3.38. The third-order valence-electron chi connectivity index (χ3n) is 2.05. The Morgan fingerprint density at radius 3 is 2.80 bits per heavy atom. The van der Waals surface area contributed by atoms with Crippen LogP contribution in [0.5, 0.6) is 0 Å². The van der Waals surface area contributed by atoms with E-state index in [0.717, 1.165) is 5.56 Å². The second kappa shape index (κ2) is 4.59. The Morgan fingerprint density at radius 2 is 2.33 bits per heavy atom. The molecule has 0 aromatic carbocycles. The number of carboxylic acid groups (broad SMARTS) is 1. The molecule has 0 bridgehead atoms. The highest BCUT2D eigenvalue weighted by Crippen LogP contribution is 2.01. The minimum atomic E-state index is -0.934. The van der Waals surface area contributed by atoms with Gasteiger partial charge in [-0.3, -0.25) is 14.7 Å². The van der Waals surface area contributed by atoms with E-state index in [1.54, 1.807) is 6.92 Å². The molecule has 0 saturated carbocycles. The lowest BCUT2D eigenvalue weighted by molar-refractivity contribution is -0.140. The van der Waals surface area contributed by atoms with E-state index >= 15 is 0 Å². The molecule has 82 valence electrons. The van der Waals surface area contributed by atoms with Gasteiger partial charge in [-0.15, -0.1) is 0 Å². The molecule has 6 nitrogen and oxygen atoms in total. The molecule has 1 amide bonds. The SMILES string of the molecule is Cc1cn[nH]c1C(=O)NCC(C)C(=O)O. The maximum atomic E-state index is 11.5. The Kier molecular flexibility index (Phi) is 3.43. The number of hydrogen-bond acceptors (Lipinski definition) is 3. The Balaban J connectivity index is 2.51. The smallest absolute Gasteiger partial charge is 0.308 e. The van der Waals surface area contributed by atoms with E-state index in [1.807, 2.05) is 0 Å². The third kappa shape index (κ3) is 2.80. The number of aliphatic carboxylic acids is 1. The number of rotatable bonds is 4. The van der Waals surface area contributed by atoms with Crippen LogP contribution in [0.25, 0.3) is 0 Å². The summed E-state index contributed by atoms with van der Waals surface area (Å²) in [7, 11) is 0. The van der Waals surface area contributed by atoms with Crippen LogP contribution in [-0.2, 0) is 4.79 Å². The highest BCUT2D eigenvalue weighted by atomic mass is 16.4. The number of aryl methyl sites for hydroxylation is 1. The van der Waals surface area contributed by atoms with Crippen LogP contribution >= 0.6 is 0 Å². The van der Waals surface area contributed by atoms with Crippen molar-refractivity contribution in [2.24, 2.45) is 5.92 Å². The highest BCUT2D eigenvalue weighted by Gasteiger charge is 2.15. The van der Waals surface area contributed by atoms with E-state index in [1.165, 1.54) is 13.1 Å². The van der Waals surface area contributed by atoms with Crippen LogP contribution in [0.2, 0.25) is 0 Å². The van der Waals surface area contributed by atoms with E-state index in [2.05, 4.69) is 15.5 Å². The van der Waals surface area contributed by atoms with Crippen molar-refractivity contribution in [1.29, 1.82) is 0 Å². The lowest BCUT2D eigenvalue weighted by atomic mass is 10.2. The third-order valence-corrected chi connectivity index (χ3v) is 2.05. The number of H-pyrrole nitrogens is 1. The van der Waals surface area contributed by atoms with Crippen LogP contribution in [0.15, 0.2) is 6.20 Å². The van der Waals surface area contributed by atoms with Crippen LogP contribution in [0.3, 0.4) is 0 Å². The Morgan fingerprint density at radius 1 is 1.67 bits per heavy atom. The van der Waals surface area contributed by atoms with Crippen LogP contribution in [0.1, 0.15) is 23.0 Å². The van der Waals surface area contributed by atoms with Gasteiger partial charge in [0.1, 0.15) is 5.69 Å². The number of carbonyl (C=O) groups excluding carboxylic acids is 1. The Bertz CT molecular complexity index is 372. The first kappa shape index (κ1) is 11.2. The van der Waals surface area contributed by atoms with E-state index in [9.17, 15) is 9.59 Å². The Labute approximate surface area is 86.7 Å². The summed E-state index contributed by atoms with van der Waals surface area (Å²) in [5.74, 6) is -1.87. The van der Waals surface area contributed by atoms with Gasteiger partial charge in [-0.25, -0.2) is 0 Å². The van der Waals surface area contributed by atoms with Gasteiger partial charge in [0, 0.05) is 6.54 Å². The minimum absolute atomic E-state index is 0.104. The molecule has 1 unspecified atom stereocenters. The summed E-state index contributed by atoms with van der Waals surface area (Å²) in [4.78, 5) is 22.0.